The van der Waals surface area contributed by atoms with Crippen molar-refractivity contribution in [3.63, 3.8) is 0 Å². The summed E-state index contributed by atoms with van der Waals surface area (Å²) >= 11 is -3.72. The minimum atomic E-state index is -3.72. The van der Waals surface area contributed by atoms with Gasteiger partial charge < -0.3 is 0 Å². The summed E-state index contributed by atoms with van der Waals surface area (Å²) in [6.45, 7) is 0. The van der Waals surface area contributed by atoms with E-state index in [2.05, 4.69) is 54.8 Å². The maximum absolute atomic E-state index is 3.72. The molecule has 0 aromatic rings. The topological polar surface area (TPSA) is 0 Å². The summed E-state index contributed by atoms with van der Waals surface area (Å²) in [6.07, 6.45) is 7.95. The van der Waals surface area contributed by atoms with E-state index >= 15 is 0 Å². The standard InChI is InChI=1S/C5H5.7CH3.Ti/c1-2-4-5-3-1;;;;;;;;/h1-3H,4H2;7*1H3;. The number of hydrogen-bond acceptors (Lipinski definition) is 0. The SMILES string of the molecule is [CH3][Ti]([CH3])([CH3])([CH3])([CH3])([CH3])([CH3])[C]1=CC=CC1. The Kier molecular flexibility index (Phi) is 1.07. The molecule has 1 rings (SSSR count). The number of hydrogen-bond donors (Lipinski definition) is 0. The van der Waals surface area contributed by atoms with Crippen molar-refractivity contribution in [1.82, 2.24) is 0 Å². The van der Waals surface area contributed by atoms with Crippen LogP contribution >= 0.6 is 0 Å². The van der Waals surface area contributed by atoms with Gasteiger partial charge in [0, 0.05) is 0 Å². The fraction of sp³-hybridized carbons (Fsp3) is 0.667. The third-order valence-electron chi connectivity index (χ3n) is 3.02. The van der Waals surface area contributed by atoms with Crippen LogP contribution in [0.5, 0.6) is 0 Å². The molecule has 78 valence electrons. The molecule has 0 atom stereocenters. The number of allylic oxidation sites excluding steroid dienone is 4. The van der Waals surface area contributed by atoms with Crippen molar-refractivity contribution in [2.75, 3.05) is 0 Å². The summed E-state index contributed by atoms with van der Waals surface area (Å²) < 4.78 is 1.65. The van der Waals surface area contributed by atoms with Crippen molar-refractivity contribution in [1.29, 1.82) is 0 Å². The first-order valence-corrected chi connectivity index (χ1v) is 17.2. The van der Waals surface area contributed by atoms with Crippen molar-refractivity contribution >= 4 is 0 Å². The molecule has 1 aliphatic carbocycles. The van der Waals surface area contributed by atoms with Crippen LogP contribution in [0.4, 0.5) is 0 Å². The molecule has 0 aliphatic heterocycles. The van der Waals surface area contributed by atoms with Crippen LogP contribution in [0, 0.1) is 0 Å². The molecule has 0 saturated heterocycles. The average molecular weight is 218 g/mol. The van der Waals surface area contributed by atoms with Gasteiger partial charge in [0.15, 0.2) is 0 Å². The van der Waals surface area contributed by atoms with Gasteiger partial charge in [-0.2, -0.15) is 0 Å². The molecule has 13 heavy (non-hydrogen) atoms. The Hall–Kier alpha value is 0.194. The van der Waals surface area contributed by atoms with Gasteiger partial charge in [-0.3, -0.25) is 0 Å². The predicted octanol–water partition coefficient (Wildman–Crippen LogP) is 5.46. The zero-order chi connectivity index (χ0) is 10.8. The van der Waals surface area contributed by atoms with Crippen molar-refractivity contribution in [3.8, 4) is 0 Å². The molecule has 0 heterocycles. The molecule has 0 aromatic heterocycles. The van der Waals surface area contributed by atoms with Crippen LogP contribution < -0.4 is 0 Å². The van der Waals surface area contributed by atoms with Crippen molar-refractivity contribution < 1.29 is 11.5 Å². The quantitative estimate of drug-likeness (QED) is 0.512. The summed E-state index contributed by atoms with van der Waals surface area (Å²) in [5.74, 6) is 0. The van der Waals surface area contributed by atoms with Gasteiger partial charge in [-0.25, -0.2) is 0 Å². The molecule has 0 aromatic carbocycles. The van der Waals surface area contributed by atoms with Gasteiger partial charge in [-0.1, -0.05) is 0 Å². The minimum absolute atomic E-state index is 1.14. The molecule has 1 heteroatoms. The van der Waals surface area contributed by atoms with Crippen LogP contribution in [-0.4, -0.2) is 0 Å². The first-order chi connectivity index (χ1) is 5.00. The molecule has 0 fully saturated rings. The molecule has 0 unspecified atom stereocenters. The van der Waals surface area contributed by atoms with E-state index in [1.54, 1.807) is 3.88 Å². The molecular weight excluding hydrogens is 192 g/mol. The summed E-state index contributed by atoms with van der Waals surface area (Å²) in [7, 11) is 0. The normalized spacial score (nSPS) is 29.6. The Bertz CT molecular complexity index is 336. The average Bonchev–Trinajstić information content (AvgIpc) is 1.97. The third kappa shape index (κ3) is 2.82. The zero-order valence-electron chi connectivity index (χ0n) is 10.4. The fourth-order valence-electron chi connectivity index (χ4n) is 1.75. The summed E-state index contributed by atoms with van der Waals surface area (Å²) in [4.78, 5) is 0. The van der Waals surface area contributed by atoms with Gasteiger partial charge in [-0.15, -0.1) is 0 Å². The van der Waals surface area contributed by atoms with Gasteiger partial charge in [0.1, 0.15) is 0 Å². The van der Waals surface area contributed by atoms with Gasteiger partial charge in [0.05, 0.1) is 0 Å². The van der Waals surface area contributed by atoms with Crippen LogP contribution in [0.3, 0.4) is 0 Å². The molecule has 0 amide bonds. The second-order valence-electron chi connectivity index (χ2n) is 13.6. The van der Waals surface area contributed by atoms with Gasteiger partial charge in [0.2, 0.25) is 0 Å². The zero-order valence-corrected chi connectivity index (χ0v) is 12.0. The van der Waals surface area contributed by atoms with Crippen molar-refractivity contribution in [3.05, 3.63) is 22.1 Å². The summed E-state index contributed by atoms with van der Waals surface area (Å²) in [5, 5.41) is 17.5. The second kappa shape index (κ2) is 1.23. The molecular formula is C12H26Ti. The molecule has 0 spiro atoms. The monoisotopic (exact) mass is 218 g/mol. The van der Waals surface area contributed by atoms with Crippen LogP contribution in [0.15, 0.2) is 22.1 Å². The van der Waals surface area contributed by atoms with E-state index < -0.39 is 11.5 Å². The second-order valence-corrected chi connectivity index (χ2v) is 52.8. The summed E-state index contributed by atoms with van der Waals surface area (Å²) in [6, 6.07) is 0. The van der Waals surface area contributed by atoms with Gasteiger partial charge in [-0.05, 0) is 0 Å². The first kappa shape index (κ1) is 11.3. The van der Waals surface area contributed by atoms with E-state index in [4.69, 9.17) is 0 Å². The summed E-state index contributed by atoms with van der Waals surface area (Å²) in [5.41, 5.74) is 0. The van der Waals surface area contributed by atoms with Gasteiger partial charge in [0.25, 0.3) is 0 Å². The molecule has 0 bridgehead atoms. The molecule has 0 radical (unpaired) electrons. The van der Waals surface area contributed by atoms with Crippen LogP contribution in [-0.2, 0) is 11.5 Å². The van der Waals surface area contributed by atoms with Crippen LogP contribution in [0.1, 0.15) is 6.42 Å². The predicted molar refractivity (Wildman–Crippen MR) is 62.9 cm³/mol. The van der Waals surface area contributed by atoms with Crippen LogP contribution in [0.25, 0.3) is 0 Å². The van der Waals surface area contributed by atoms with E-state index in [9.17, 15) is 0 Å². The Labute approximate surface area is 76.6 Å². The molecule has 0 N–H and O–H groups in total. The first-order valence-electron chi connectivity index (χ1n) is 5.47. The van der Waals surface area contributed by atoms with E-state index in [1.807, 2.05) is 0 Å². The Balaban J connectivity index is 3.65. The van der Waals surface area contributed by atoms with Crippen molar-refractivity contribution in [2.45, 2.75) is 43.0 Å². The van der Waals surface area contributed by atoms with Crippen molar-refractivity contribution in [2.24, 2.45) is 0 Å². The Morgan fingerprint density at radius 1 is 0.923 bits per heavy atom. The van der Waals surface area contributed by atoms with E-state index in [0.717, 1.165) is 6.42 Å². The number of rotatable bonds is 1. The molecule has 0 nitrogen and oxygen atoms in total. The maximum atomic E-state index is 2.51. The van der Waals surface area contributed by atoms with E-state index in [1.165, 1.54) is 0 Å². The fourth-order valence-corrected chi connectivity index (χ4v) is 6.13. The Morgan fingerprint density at radius 2 is 1.38 bits per heavy atom. The van der Waals surface area contributed by atoms with E-state index in [-0.39, 0.29) is 0 Å². The molecule has 1 aliphatic rings. The van der Waals surface area contributed by atoms with E-state index in [0.29, 0.717) is 0 Å². The Morgan fingerprint density at radius 3 is 1.54 bits per heavy atom. The molecule has 0 saturated carbocycles. The van der Waals surface area contributed by atoms with Crippen LogP contribution in [0.2, 0.25) is 36.6 Å². The van der Waals surface area contributed by atoms with Gasteiger partial charge >= 0.3 is 76.6 Å². The third-order valence-corrected chi connectivity index (χ3v) is 10.6.